The highest BCUT2D eigenvalue weighted by molar-refractivity contribution is 7.89. The van der Waals surface area contributed by atoms with Gasteiger partial charge in [0.2, 0.25) is 10.0 Å². The van der Waals surface area contributed by atoms with E-state index in [0.717, 1.165) is 11.1 Å². The number of hydrogen-bond donors (Lipinski definition) is 1. The minimum atomic E-state index is -3.75. The summed E-state index contributed by atoms with van der Waals surface area (Å²) in [4.78, 5) is 12.8. The van der Waals surface area contributed by atoms with Crippen LogP contribution in [0.3, 0.4) is 0 Å². The van der Waals surface area contributed by atoms with E-state index in [0.29, 0.717) is 5.56 Å². The lowest BCUT2D eigenvalue weighted by Gasteiger charge is -2.19. The number of ketones is 1. The molecule has 0 aliphatic carbocycles. The van der Waals surface area contributed by atoms with Gasteiger partial charge in [-0.3, -0.25) is 4.79 Å². The molecule has 0 amide bonds. The Morgan fingerprint density at radius 1 is 0.852 bits per heavy atom. The van der Waals surface area contributed by atoms with Gasteiger partial charge in [0.25, 0.3) is 0 Å². The normalized spacial score (nSPS) is 12.5. The van der Waals surface area contributed by atoms with Crippen molar-refractivity contribution in [1.29, 1.82) is 0 Å². The molecule has 0 spiro atoms. The van der Waals surface area contributed by atoms with E-state index in [2.05, 4.69) is 4.72 Å². The number of hydrogen-bond acceptors (Lipinski definition) is 3. The lowest BCUT2D eigenvalue weighted by molar-refractivity contribution is 0.0972. The summed E-state index contributed by atoms with van der Waals surface area (Å²) >= 11 is 0. The Morgan fingerprint density at radius 2 is 1.41 bits per heavy atom. The van der Waals surface area contributed by atoms with Crippen molar-refractivity contribution in [3.05, 3.63) is 102 Å². The maximum absolute atomic E-state index is 12.8. The molecule has 1 N–H and O–H groups in total. The van der Waals surface area contributed by atoms with Crippen LogP contribution in [0.4, 0.5) is 0 Å². The van der Waals surface area contributed by atoms with Gasteiger partial charge in [0.15, 0.2) is 5.78 Å². The molecule has 5 heteroatoms. The van der Waals surface area contributed by atoms with Gasteiger partial charge in [-0.05, 0) is 24.6 Å². The third-order valence-electron chi connectivity index (χ3n) is 4.32. The van der Waals surface area contributed by atoms with E-state index in [1.54, 1.807) is 48.5 Å². The van der Waals surface area contributed by atoms with Crippen LogP contribution in [-0.2, 0) is 10.0 Å². The van der Waals surface area contributed by atoms with Gasteiger partial charge >= 0.3 is 0 Å². The molecule has 27 heavy (non-hydrogen) atoms. The topological polar surface area (TPSA) is 63.2 Å². The zero-order chi connectivity index (χ0) is 19.3. The van der Waals surface area contributed by atoms with Crippen molar-refractivity contribution in [3.8, 4) is 0 Å². The van der Waals surface area contributed by atoms with Gasteiger partial charge in [-0.2, -0.15) is 0 Å². The van der Waals surface area contributed by atoms with Crippen LogP contribution in [0.1, 0.15) is 33.9 Å². The molecule has 0 aliphatic heterocycles. The number of aryl methyl sites for hydroxylation is 1. The van der Waals surface area contributed by atoms with Crippen LogP contribution in [0.2, 0.25) is 0 Å². The smallest absolute Gasteiger partial charge is 0.241 e. The molecule has 0 bridgehead atoms. The summed E-state index contributed by atoms with van der Waals surface area (Å²) in [5.41, 5.74) is 2.29. The van der Waals surface area contributed by atoms with Gasteiger partial charge in [0, 0.05) is 12.0 Å². The zero-order valence-electron chi connectivity index (χ0n) is 15.0. The molecule has 3 aromatic carbocycles. The molecule has 0 fully saturated rings. The van der Waals surface area contributed by atoms with Crippen LogP contribution >= 0.6 is 0 Å². The summed E-state index contributed by atoms with van der Waals surface area (Å²) in [6.07, 6.45) is 0.0408. The SMILES string of the molecule is Cc1ccc(S(=O)(=O)N[C@@H](CC(=O)c2ccccc2)c2ccccc2)cc1. The standard InChI is InChI=1S/C22H21NO3S/c1-17-12-14-20(15-13-17)27(25,26)23-21(18-8-4-2-5-9-18)16-22(24)19-10-6-3-7-11-19/h2-15,21,23H,16H2,1H3/t21-/m0/s1. The van der Waals surface area contributed by atoms with Gasteiger partial charge in [-0.1, -0.05) is 78.4 Å². The monoisotopic (exact) mass is 379 g/mol. The van der Waals surface area contributed by atoms with E-state index in [9.17, 15) is 13.2 Å². The van der Waals surface area contributed by atoms with Crippen molar-refractivity contribution in [3.63, 3.8) is 0 Å². The molecule has 0 saturated heterocycles. The summed E-state index contributed by atoms with van der Waals surface area (Å²) in [7, 11) is -3.75. The Balaban J connectivity index is 1.88. The number of rotatable bonds is 7. The molecule has 0 unspecified atom stereocenters. The molecule has 3 aromatic rings. The molecule has 0 saturated carbocycles. The highest BCUT2D eigenvalue weighted by Gasteiger charge is 2.24. The van der Waals surface area contributed by atoms with E-state index < -0.39 is 16.1 Å². The quantitative estimate of drug-likeness (QED) is 0.623. The number of carbonyl (C=O) groups excluding carboxylic acids is 1. The second-order valence-corrected chi connectivity index (χ2v) is 8.10. The summed E-state index contributed by atoms with van der Waals surface area (Å²) in [6, 6.07) is 24.0. The summed E-state index contributed by atoms with van der Waals surface area (Å²) < 4.78 is 28.3. The van der Waals surface area contributed by atoms with Gasteiger partial charge < -0.3 is 0 Å². The third-order valence-corrected chi connectivity index (χ3v) is 5.80. The predicted molar refractivity (Wildman–Crippen MR) is 106 cm³/mol. The number of carbonyl (C=O) groups is 1. The van der Waals surface area contributed by atoms with E-state index in [4.69, 9.17) is 0 Å². The first-order valence-corrected chi connectivity index (χ1v) is 10.2. The molecule has 0 heterocycles. The Bertz CT molecular complexity index is 998. The molecular formula is C22H21NO3S. The molecule has 0 radical (unpaired) electrons. The van der Waals surface area contributed by atoms with Crippen LogP contribution in [-0.4, -0.2) is 14.2 Å². The van der Waals surface area contributed by atoms with Crippen LogP contribution in [0.15, 0.2) is 89.8 Å². The minimum absolute atomic E-state index is 0.0408. The first-order chi connectivity index (χ1) is 13.0. The number of nitrogens with one attached hydrogen (secondary N) is 1. The van der Waals surface area contributed by atoms with Crippen molar-refractivity contribution in [2.45, 2.75) is 24.3 Å². The molecule has 4 nitrogen and oxygen atoms in total. The summed E-state index contributed by atoms with van der Waals surface area (Å²) in [6.45, 7) is 1.90. The van der Waals surface area contributed by atoms with Crippen molar-refractivity contribution in [2.75, 3.05) is 0 Å². The van der Waals surface area contributed by atoms with Crippen molar-refractivity contribution >= 4 is 15.8 Å². The fraction of sp³-hybridized carbons (Fsp3) is 0.136. The molecule has 1 atom stereocenters. The van der Waals surface area contributed by atoms with Crippen molar-refractivity contribution < 1.29 is 13.2 Å². The molecule has 3 rings (SSSR count). The molecule has 138 valence electrons. The van der Waals surface area contributed by atoms with Gasteiger partial charge in [-0.25, -0.2) is 13.1 Å². The fourth-order valence-corrected chi connectivity index (χ4v) is 4.04. The van der Waals surface area contributed by atoms with Crippen LogP contribution < -0.4 is 4.72 Å². The average Bonchev–Trinajstić information content (AvgIpc) is 2.69. The Kier molecular flexibility index (Phi) is 5.84. The van der Waals surface area contributed by atoms with Crippen LogP contribution in [0.5, 0.6) is 0 Å². The molecule has 0 aliphatic rings. The van der Waals surface area contributed by atoms with E-state index in [-0.39, 0.29) is 17.1 Å². The van der Waals surface area contributed by atoms with Gasteiger partial charge in [0.05, 0.1) is 10.9 Å². The van der Waals surface area contributed by atoms with Crippen LogP contribution in [0.25, 0.3) is 0 Å². The maximum Gasteiger partial charge on any atom is 0.241 e. The van der Waals surface area contributed by atoms with Crippen LogP contribution in [0, 0.1) is 6.92 Å². The van der Waals surface area contributed by atoms with Crippen molar-refractivity contribution in [2.24, 2.45) is 0 Å². The minimum Gasteiger partial charge on any atom is -0.294 e. The maximum atomic E-state index is 12.8. The molecular weight excluding hydrogens is 358 g/mol. The highest BCUT2D eigenvalue weighted by atomic mass is 32.2. The Morgan fingerprint density at radius 3 is 2.00 bits per heavy atom. The lowest BCUT2D eigenvalue weighted by Crippen LogP contribution is -2.30. The lowest BCUT2D eigenvalue weighted by atomic mass is 9.99. The Hall–Kier alpha value is -2.76. The number of benzene rings is 3. The molecule has 0 aromatic heterocycles. The van der Waals surface area contributed by atoms with E-state index >= 15 is 0 Å². The summed E-state index contributed by atoms with van der Waals surface area (Å²) in [5, 5.41) is 0. The predicted octanol–water partition coefficient (Wildman–Crippen LogP) is 4.29. The summed E-state index contributed by atoms with van der Waals surface area (Å²) in [5.74, 6) is -0.115. The Labute approximate surface area is 159 Å². The number of Topliss-reactive ketones (excluding diaryl/α,β-unsaturated/α-hetero) is 1. The fourth-order valence-electron chi connectivity index (χ4n) is 2.81. The number of sulfonamides is 1. The van der Waals surface area contributed by atoms with E-state index in [1.165, 1.54) is 0 Å². The zero-order valence-corrected chi connectivity index (χ0v) is 15.8. The van der Waals surface area contributed by atoms with E-state index in [1.807, 2.05) is 43.3 Å². The van der Waals surface area contributed by atoms with Crippen molar-refractivity contribution in [1.82, 2.24) is 4.72 Å². The third kappa shape index (κ3) is 4.90. The second kappa shape index (κ2) is 8.29. The first-order valence-electron chi connectivity index (χ1n) is 8.68. The average molecular weight is 379 g/mol. The second-order valence-electron chi connectivity index (χ2n) is 6.39. The largest absolute Gasteiger partial charge is 0.294 e. The first kappa shape index (κ1) is 19.0. The van der Waals surface area contributed by atoms with Gasteiger partial charge in [-0.15, -0.1) is 0 Å². The highest BCUT2D eigenvalue weighted by Crippen LogP contribution is 2.22. The van der Waals surface area contributed by atoms with Gasteiger partial charge in [0.1, 0.15) is 0 Å².